The van der Waals surface area contributed by atoms with Crippen molar-refractivity contribution in [3.8, 4) is 0 Å². The highest BCUT2D eigenvalue weighted by Gasteiger charge is 2.27. The van der Waals surface area contributed by atoms with Crippen LogP contribution in [0.15, 0.2) is 30.3 Å². The molecule has 1 rings (SSSR count). The number of carbonyl (C=O) groups is 1. The quantitative estimate of drug-likeness (QED) is 0.696. The molecule has 2 nitrogen and oxygen atoms in total. The van der Waals surface area contributed by atoms with Crippen LogP contribution in [-0.4, -0.2) is 11.7 Å². The van der Waals surface area contributed by atoms with E-state index in [1.54, 1.807) is 24.3 Å². The zero-order valence-electron chi connectivity index (χ0n) is 8.27. The van der Waals surface area contributed by atoms with E-state index in [0.29, 0.717) is 11.7 Å². The van der Waals surface area contributed by atoms with Gasteiger partial charge < -0.3 is 0 Å². The van der Waals surface area contributed by atoms with Gasteiger partial charge >= 0.3 is 13.3 Å². The van der Waals surface area contributed by atoms with Crippen molar-refractivity contribution in [1.82, 2.24) is 0 Å². The van der Waals surface area contributed by atoms with E-state index in [9.17, 15) is 9.36 Å². The van der Waals surface area contributed by atoms with E-state index in [-0.39, 0.29) is 5.52 Å². The average molecular weight is 209 g/mol. The summed E-state index contributed by atoms with van der Waals surface area (Å²) in [5.41, 5.74) is 0.346. The van der Waals surface area contributed by atoms with Crippen LogP contribution in [0.2, 0.25) is 0 Å². The van der Waals surface area contributed by atoms with Gasteiger partial charge in [-0.3, -0.25) is 0 Å². The van der Waals surface area contributed by atoms with Crippen LogP contribution in [0.1, 0.15) is 30.1 Å². The fraction of sp³-hybridized carbons (Fsp3) is 0.364. The lowest BCUT2D eigenvalue weighted by Crippen LogP contribution is -1.94. The summed E-state index contributed by atoms with van der Waals surface area (Å²) in [4.78, 5) is 11.6. The molecule has 0 amide bonds. The van der Waals surface area contributed by atoms with Gasteiger partial charge in [0.15, 0.2) is 6.16 Å². The van der Waals surface area contributed by atoms with Gasteiger partial charge in [-0.05, 0) is 18.6 Å². The summed E-state index contributed by atoms with van der Waals surface area (Å²) < 4.78 is 11.5. The predicted molar refractivity (Wildman–Crippen MR) is 58.2 cm³/mol. The highest BCUT2D eigenvalue weighted by molar-refractivity contribution is 7.64. The normalized spacial score (nSPS) is 11.1. The summed E-state index contributed by atoms with van der Waals surface area (Å²) >= 11 is 0. The van der Waals surface area contributed by atoms with Crippen LogP contribution in [0, 0.1) is 0 Å². The van der Waals surface area contributed by atoms with Gasteiger partial charge in [-0.2, -0.15) is 0 Å². The molecule has 0 aromatic heterocycles. The highest BCUT2D eigenvalue weighted by atomic mass is 31.1. The van der Waals surface area contributed by atoms with Crippen molar-refractivity contribution in [3.63, 3.8) is 0 Å². The lowest BCUT2D eigenvalue weighted by Gasteiger charge is -1.89. The number of rotatable bonds is 5. The van der Waals surface area contributed by atoms with Gasteiger partial charge in [0.05, 0.1) is 5.56 Å². The lowest BCUT2D eigenvalue weighted by molar-refractivity contribution is 0.107. The predicted octanol–water partition coefficient (Wildman–Crippen LogP) is 3.45. The molecule has 0 aliphatic rings. The maximum absolute atomic E-state index is 11.6. The van der Waals surface area contributed by atoms with Crippen molar-refractivity contribution in [2.45, 2.75) is 19.8 Å². The minimum atomic E-state index is -1.71. The minimum Gasteiger partial charge on any atom is -0.234 e. The first kappa shape index (κ1) is 11.1. The highest BCUT2D eigenvalue weighted by Crippen LogP contribution is 2.27. The van der Waals surface area contributed by atoms with Gasteiger partial charge in [0, 0.05) is 0 Å². The molecule has 74 valence electrons. The topological polar surface area (TPSA) is 34.1 Å². The monoisotopic (exact) mass is 209 g/mol. The molecule has 0 aliphatic carbocycles. The number of carbonyl (C=O) groups excluding carboxylic acids is 1. The van der Waals surface area contributed by atoms with E-state index >= 15 is 0 Å². The van der Waals surface area contributed by atoms with Crippen molar-refractivity contribution >= 4 is 13.3 Å². The van der Waals surface area contributed by atoms with E-state index in [4.69, 9.17) is 0 Å². The molecule has 0 bridgehead atoms. The Kier molecular flexibility index (Phi) is 4.48. The molecule has 0 spiro atoms. The molecule has 0 radical (unpaired) electrons. The van der Waals surface area contributed by atoms with Crippen molar-refractivity contribution in [2.75, 3.05) is 6.16 Å². The van der Waals surface area contributed by atoms with Crippen molar-refractivity contribution < 1.29 is 9.36 Å². The third-order valence-electron chi connectivity index (χ3n) is 1.96. The molecule has 1 aromatic carbocycles. The molecule has 1 aromatic rings. The number of benzene rings is 1. The van der Waals surface area contributed by atoms with E-state index in [1.165, 1.54) is 0 Å². The SMILES string of the molecule is CCCC[P+](=O)C(=O)c1ccccc1. The summed E-state index contributed by atoms with van der Waals surface area (Å²) in [5.74, 6) is 0. The van der Waals surface area contributed by atoms with Crippen LogP contribution in [-0.2, 0) is 4.57 Å². The summed E-state index contributed by atoms with van der Waals surface area (Å²) in [6.07, 6.45) is 2.34. The Morgan fingerprint density at radius 2 is 1.93 bits per heavy atom. The van der Waals surface area contributed by atoms with Gasteiger partial charge in [-0.1, -0.05) is 36.1 Å². The Morgan fingerprint density at radius 1 is 1.29 bits per heavy atom. The number of unbranched alkanes of at least 4 members (excludes halogenated alkanes) is 1. The van der Waals surface area contributed by atoms with E-state index in [1.807, 2.05) is 13.0 Å². The molecule has 0 saturated carbocycles. The van der Waals surface area contributed by atoms with Crippen LogP contribution in [0.5, 0.6) is 0 Å². The zero-order chi connectivity index (χ0) is 10.4. The first-order valence-corrected chi connectivity index (χ1v) is 6.24. The Labute approximate surface area is 85.1 Å². The van der Waals surface area contributed by atoms with Crippen molar-refractivity contribution in [1.29, 1.82) is 0 Å². The maximum Gasteiger partial charge on any atom is 0.420 e. The van der Waals surface area contributed by atoms with Gasteiger partial charge in [-0.25, -0.2) is 4.79 Å². The Morgan fingerprint density at radius 3 is 2.50 bits per heavy atom. The van der Waals surface area contributed by atoms with Gasteiger partial charge in [0.1, 0.15) is 0 Å². The lowest BCUT2D eigenvalue weighted by atomic mass is 10.2. The molecule has 14 heavy (non-hydrogen) atoms. The summed E-state index contributed by atoms with van der Waals surface area (Å²) in [5, 5.41) is 0. The van der Waals surface area contributed by atoms with Gasteiger partial charge in [-0.15, -0.1) is 0 Å². The molecule has 1 atom stereocenters. The maximum atomic E-state index is 11.6. The van der Waals surface area contributed by atoms with Crippen LogP contribution >= 0.6 is 7.80 Å². The van der Waals surface area contributed by atoms with Crippen molar-refractivity contribution in [2.24, 2.45) is 0 Å². The smallest absolute Gasteiger partial charge is 0.234 e. The average Bonchev–Trinajstić information content (AvgIpc) is 2.26. The van der Waals surface area contributed by atoms with Crippen LogP contribution in [0.4, 0.5) is 0 Å². The molecule has 0 saturated heterocycles. The van der Waals surface area contributed by atoms with E-state index in [2.05, 4.69) is 0 Å². The number of hydrogen-bond acceptors (Lipinski definition) is 2. The van der Waals surface area contributed by atoms with Crippen LogP contribution in [0.3, 0.4) is 0 Å². The van der Waals surface area contributed by atoms with Gasteiger partial charge in [0.25, 0.3) is 0 Å². The van der Waals surface area contributed by atoms with Crippen LogP contribution in [0.25, 0.3) is 0 Å². The largest absolute Gasteiger partial charge is 0.420 e. The number of hydrogen-bond donors (Lipinski definition) is 0. The standard InChI is InChI=1S/C11H14O2P/c1-2-3-9-14(13)11(12)10-7-5-4-6-8-10/h4-8H,2-3,9H2,1H3/q+1. The fourth-order valence-corrected chi connectivity index (χ4v) is 2.37. The third-order valence-corrected chi connectivity index (χ3v) is 3.40. The Bertz CT molecular complexity index is 319. The van der Waals surface area contributed by atoms with Gasteiger partial charge in [0.2, 0.25) is 0 Å². The Balaban J connectivity index is 2.62. The van der Waals surface area contributed by atoms with E-state index in [0.717, 1.165) is 12.8 Å². The first-order valence-electron chi connectivity index (χ1n) is 4.79. The summed E-state index contributed by atoms with van der Waals surface area (Å²) in [6.45, 7) is 2.02. The molecular weight excluding hydrogens is 195 g/mol. The van der Waals surface area contributed by atoms with Crippen LogP contribution < -0.4 is 0 Å². The third kappa shape index (κ3) is 3.04. The molecule has 0 N–H and O–H groups in total. The zero-order valence-corrected chi connectivity index (χ0v) is 9.17. The molecule has 0 heterocycles. The van der Waals surface area contributed by atoms with E-state index < -0.39 is 7.80 Å². The molecule has 3 heteroatoms. The van der Waals surface area contributed by atoms with Crippen molar-refractivity contribution in [3.05, 3.63) is 35.9 Å². The second kappa shape index (κ2) is 5.66. The Hall–Kier alpha value is -1.01. The summed E-state index contributed by atoms with van der Waals surface area (Å²) in [6, 6.07) is 8.84. The molecule has 1 unspecified atom stereocenters. The molecule has 0 aliphatic heterocycles. The fourth-order valence-electron chi connectivity index (χ4n) is 1.13. The summed E-state index contributed by atoms with van der Waals surface area (Å²) in [7, 11) is -1.71. The minimum absolute atomic E-state index is 0.214. The first-order chi connectivity index (χ1) is 6.75. The molecule has 0 fully saturated rings. The second-order valence-electron chi connectivity index (χ2n) is 3.13. The molecular formula is C11H14O2P+. The second-order valence-corrected chi connectivity index (χ2v) is 4.74.